The summed E-state index contributed by atoms with van der Waals surface area (Å²) in [6, 6.07) is 0.656. The lowest BCUT2D eigenvalue weighted by atomic mass is 9.77. The molecule has 3 nitrogen and oxygen atoms in total. The highest BCUT2D eigenvalue weighted by Gasteiger charge is 2.34. The average molecular weight is 240 g/mol. The summed E-state index contributed by atoms with van der Waals surface area (Å²) in [5.74, 6) is 0.981. The van der Waals surface area contributed by atoms with Gasteiger partial charge in [0.1, 0.15) is 0 Å². The standard InChI is InChI=1S/C14H28N2O/c1-5-11(4)16(6-2)14(17)13-8-7-12(15)9-10(13)3/h10-13H,5-9,15H2,1-4H3. The van der Waals surface area contributed by atoms with Gasteiger partial charge in [0, 0.05) is 24.5 Å². The third-order valence-electron chi connectivity index (χ3n) is 4.27. The fourth-order valence-electron chi connectivity index (χ4n) is 2.92. The van der Waals surface area contributed by atoms with Crippen LogP contribution in [0.4, 0.5) is 0 Å². The summed E-state index contributed by atoms with van der Waals surface area (Å²) in [5, 5.41) is 0. The van der Waals surface area contributed by atoms with Gasteiger partial charge in [0.25, 0.3) is 0 Å². The molecule has 1 saturated carbocycles. The van der Waals surface area contributed by atoms with Crippen molar-refractivity contribution < 1.29 is 4.79 Å². The minimum absolute atomic E-state index is 0.198. The van der Waals surface area contributed by atoms with Crippen molar-refractivity contribution in [3.05, 3.63) is 0 Å². The molecule has 100 valence electrons. The molecular weight excluding hydrogens is 212 g/mol. The van der Waals surface area contributed by atoms with Gasteiger partial charge in [-0.25, -0.2) is 0 Å². The Balaban J connectivity index is 2.67. The maximum absolute atomic E-state index is 12.5. The molecule has 0 aromatic heterocycles. The van der Waals surface area contributed by atoms with E-state index in [1.165, 1.54) is 0 Å². The normalized spacial score (nSPS) is 31.0. The lowest BCUT2D eigenvalue weighted by molar-refractivity contribution is -0.140. The molecule has 0 aromatic rings. The first-order chi connectivity index (χ1) is 8.01. The fourth-order valence-corrected chi connectivity index (χ4v) is 2.92. The Labute approximate surface area is 106 Å². The number of amides is 1. The van der Waals surface area contributed by atoms with Gasteiger partial charge in [0.2, 0.25) is 5.91 Å². The number of nitrogens with two attached hydrogens (primary N) is 1. The lowest BCUT2D eigenvalue weighted by Crippen LogP contribution is -2.46. The molecule has 0 saturated heterocycles. The molecule has 1 aliphatic carbocycles. The Bertz CT molecular complexity index is 255. The summed E-state index contributed by atoms with van der Waals surface area (Å²) >= 11 is 0. The second kappa shape index (κ2) is 6.39. The van der Waals surface area contributed by atoms with Gasteiger partial charge in [-0.05, 0) is 45.4 Å². The molecule has 0 spiro atoms. The molecular formula is C14H28N2O. The van der Waals surface area contributed by atoms with E-state index in [0.29, 0.717) is 23.9 Å². The Morgan fingerprint density at radius 2 is 2.06 bits per heavy atom. The molecule has 0 aromatic carbocycles. The third-order valence-corrected chi connectivity index (χ3v) is 4.27. The van der Waals surface area contributed by atoms with Crippen LogP contribution in [0, 0.1) is 11.8 Å². The van der Waals surface area contributed by atoms with Crippen molar-refractivity contribution in [1.29, 1.82) is 0 Å². The van der Waals surface area contributed by atoms with Gasteiger partial charge in [-0.2, -0.15) is 0 Å². The predicted molar refractivity (Wildman–Crippen MR) is 71.6 cm³/mol. The molecule has 0 bridgehead atoms. The molecule has 4 unspecified atom stereocenters. The molecule has 1 rings (SSSR count). The van der Waals surface area contributed by atoms with Crippen LogP contribution >= 0.6 is 0 Å². The van der Waals surface area contributed by atoms with Crippen LogP contribution in [-0.2, 0) is 4.79 Å². The van der Waals surface area contributed by atoms with Crippen molar-refractivity contribution in [1.82, 2.24) is 4.90 Å². The zero-order valence-corrected chi connectivity index (χ0v) is 11.8. The summed E-state index contributed by atoms with van der Waals surface area (Å²) in [7, 11) is 0. The van der Waals surface area contributed by atoms with E-state index in [9.17, 15) is 4.79 Å². The zero-order valence-electron chi connectivity index (χ0n) is 11.8. The smallest absolute Gasteiger partial charge is 0.226 e. The van der Waals surface area contributed by atoms with Crippen molar-refractivity contribution in [3.8, 4) is 0 Å². The molecule has 0 aliphatic heterocycles. The zero-order chi connectivity index (χ0) is 13.0. The van der Waals surface area contributed by atoms with Gasteiger partial charge in [0.05, 0.1) is 0 Å². The Hall–Kier alpha value is -0.570. The second-order valence-electron chi connectivity index (χ2n) is 5.54. The van der Waals surface area contributed by atoms with Crippen LogP contribution in [0.1, 0.15) is 53.4 Å². The van der Waals surface area contributed by atoms with Gasteiger partial charge >= 0.3 is 0 Å². The molecule has 3 heteroatoms. The first-order valence-corrected chi connectivity index (χ1v) is 7.07. The van der Waals surface area contributed by atoms with E-state index in [-0.39, 0.29) is 5.92 Å². The lowest BCUT2D eigenvalue weighted by Gasteiger charge is -2.37. The van der Waals surface area contributed by atoms with Crippen LogP contribution in [0.15, 0.2) is 0 Å². The van der Waals surface area contributed by atoms with Crippen molar-refractivity contribution in [2.45, 2.75) is 65.5 Å². The van der Waals surface area contributed by atoms with Gasteiger partial charge < -0.3 is 10.6 Å². The maximum atomic E-state index is 12.5. The van der Waals surface area contributed by atoms with Crippen molar-refractivity contribution >= 4 is 5.91 Å². The average Bonchev–Trinajstić information content (AvgIpc) is 2.29. The van der Waals surface area contributed by atoms with Crippen LogP contribution in [0.3, 0.4) is 0 Å². The second-order valence-corrected chi connectivity index (χ2v) is 5.54. The van der Waals surface area contributed by atoms with Gasteiger partial charge in [0.15, 0.2) is 0 Å². The number of nitrogens with zero attached hydrogens (tertiary/aromatic N) is 1. The summed E-state index contributed by atoms with van der Waals surface area (Å²) in [5.41, 5.74) is 5.96. The molecule has 1 amide bonds. The number of carbonyl (C=O) groups excluding carboxylic acids is 1. The Morgan fingerprint density at radius 3 is 2.53 bits per heavy atom. The predicted octanol–water partition coefficient (Wildman–Crippen LogP) is 2.40. The van der Waals surface area contributed by atoms with E-state index in [2.05, 4.69) is 27.7 Å². The molecule has 1 fully saturated rings. The van der Waals surface area contributed by atoms with Gasteiger partial charge in [-0.15, -0.1) is 0 Å². The van der Waals surface area contributed by atoms with Crippen molar-refractivity contribution in [2.75, 3.05) is 6.54 Å². The first-order valence-electron chi connectivity index (χ1n) is 7.07. The summed E-state index contributed by atoms with van der Waals surface area (Å²) in [6.45, 7) is 9.35. The Kier molecular flexibility index (Phi) is 5.44. The number of rotatable bonds is 4. The van der Waals surface area contributed by atoms with Crippen LogP contribution in [0.25, 0.3) is 0 Å². The molecule has 1 aliphatic rings. The highest BCUT2D eigenvalue weighted by molar-refractivity contribution is 5.79. The number of carbonyl (C=O) groups is 1. The van der Waals surface area contributed by atoms with Gasteiger partial charge in [-0.3, -0.25) is 4.79 Å². The van der Waals surface area contributed by atoms with Gasteiger partial charge in [-0.1, -0.05) is 13.8 Å². The van der Waals surface area contributed by atoms with Crippen LogP contribution in [0.5, 0.6) is 0 Å². The van der Waals surface area contributed by atoms with E-state index in [0.717, 1.165) is 32.2 Å². The van der Waals surface area contributed by atoms with Crippen molar-refractivity contribution in [2.24, 2.45) is 17.6 Å². The van der Waals surface area contributed by atoms with Crippen LogP contribution in [-0.4, -0.2) is 29.4 Å². The third kappa shape index (κ3) is 3.44. The summed E-state index contributed by atoms with van der Waals surface area (Å²) in [4.78, 5) is 14.6. The first kappa shape index (κ1) is 14.5. The highest BCUT2D eigenvalue weighted by Crippen LogP contribution is 2.31. The maximum Gasteiger partial charge on any atom is 0.226 e. The van der Waals surface area contributed by atoms with E-state index >= 15 is 0 Å². The molecule has 17 heavy (non-hydrogen) atoms. The van der Waals surface area contributed by atoms with E-state index in [4.69, 9.17) is 5.73 Å². The van der Waals surface area contributed by atoms with E-state index < -0.39 is 0 Å². The minimum atomic E-state index is 0.198. The van der Waals surface area contributed by atoms with E-state index in [1.54, 1.807) is 0 Å². The Morgan fingerprint density at radius 1 is 1.41 bits per heavy atom. The summed E-state index contributed by atoms with van der Waals surface area (Å²) < 4.78 is 0. The topological polar surface area (TPSA) is 46.3 Å². The van der Waals surface area contributed by atoms with Crippen molar-refractivity contribution in [3.63, 3.8) is 0 Å². The molecule has 0 heterocycles. The minimum Gasteiger partial charge on any atom is -0.340 e. The SMILES string of the molecule is CCC(C)N(CC)C(=O)C1CCC(N)CC1C. The quantitative estimate of drug-likeness (QED) is 0.820. The molecule has 0 radical (unpaired) electrons. The molecule has 2 N–H and O–H groups in total. The van der Waals surface area contributed by atoms with E-state index in [1.807, 2.05) is 4.90 Å². The van der Waals surface area contributed by atoms with Crippen LogP contribution in [0.2, 0.25) is 0 Å². The van der Waals surface area contributed by atoms with Crippen LogP contribution < -0.4 is 5.73 Å². The fraction of sp³-hybridized carbons (Fsp3) is 0.929. The number of hydrogen-bond donors (Lipinski definition) is 1. The highest BCUT2D eigenvalue weighted by atomic mass is 16.2. The largest absolute Gasteiger partial charge is 0.340 e. The summed E-state index contributed by atoms with van der Waals surface area (Å²) in [6.07, 6.45) is 3.99. The molecule has 4 atom stereocenters. The number of hydrogen-bond acceptors (Lipinski definition) is 2. The monoisotopic (exact) mass is 240 g/mol.